The fourth-order valence-electron chi connectivity index (χ4n) is 3.75. The zero-order valence-corrected chi connectivity index (χ0v) is 16.8. The number of nitrogens with zero attached hydrogens (tertiary/aromatic N) is 3. The maximum atomic E-state index is 13.3. The number of carbonyl (C=O) groups is 1. The zero-order valence-electron chi connectivity index (χ0n) is 16.0. The van der Waals surface area contributed by atoms with E-state index in [4.69, 9.17) is 4.98 Å². The van der Waals surface area contributed by atoms with Gasteiger partial charge < -0.3 is 4.90 Å². The number of amides is 1. The molecule has 0 spiro atoms. The Morgan fingerprint density at radius 2 is 2.04 bits per heavy atom. The fourth-order valence-corrected chi connectivity index (χ4v) is 4.89. The summed E-state index contributed by atoms with van der Waals surface area (Å²) in [4.78, 5) is 33.8. The van der Waals surface area contributed by atoms with Gasteiger partial charge in [0.25, 0.3) is 11.5 Å². The molecule has 3 aromatic rings. The lowest BCUT2D eigenvalue weighted by Gasteiger charge is -2.22. The van der Waals surface area contributed by atoms with Crippen LogP contribution in [0.5, 0.6) is 0 Å². The van der Waals surface area contributed by atoms with Crippen LogP contribution in [0.25, 0.3) is 10.2 Å². The molecule has 1 aliphatic heterocycles. The molecule has 5 nitrogen and oxygen atoms in total. The van der Waals surface area contributed by atoms with E-state index >= 15 is 0 Å². The van der Waals surface area contributed by atoms with E-state index in [1.165, 1.54) is 23.5 Å². The number of aromatic nitrogens is 2. The van der Waals surface area contributed by atoms with Gasteiger partial charge in [-0.15, -0.1) is 11.3 Å². The average Bonchev–Trinajstić information content (AvgIpc) is 3.03. The summed E-state index contributed by atoms with van der Waals surface area (Å²) < 4.78 is 15.1. The molecule has 0 N–H and O–H groups in total. The first-order chi connectivity index (χ1) is 13.5. The molecule has 1 amide bonds. The number of rotatable bonds is 4. The third-order valence-electron chi connectivity index (χ3n) is 5.19. The monoisotopic (exact) mass is 399 g/mol. The molecule has 0 saturated carbocycles. The van der Waals surface area contributed by atoms with Crippen LogP contribution < -0.4 is 10.5 Å². The number of halogens is 1. The molecule has 0 bridgehead atoms. The van der Waals surface area contributed by atoms with Crippen molar-refractivity contribution in [3.63, 3.8) is 0 Å². The highest BCUT2D eigenvalue weighted by molar-refractivity contribution is 7.20. The maximum absolute atomic E-state index is 13.3. The van der Waals surface area contributed by atoms with Crippen molar-refractivity contribution in [1.82, 2.24) is 9.55 Å². The van der Waals surface area contributed by atoms with Crippen molar-refractivity contribution < 1.29 is 9.18 Å². The lowest BCUT2D eigenvalue weighted by Crippen LogP contribution is -2.31. The number of fused-ring (bicyclic) bond motifs is 2. The van der Waals surface area contributed by atoms with Crippen molar-refractivity contribution in [1.29, 1.82) is 0 Å². The van der Waals surface area contributed by atoms with Gasteiger partial charge in [-0.05, 0) is 56.0 Å². The second kappa shape index (κ2) is 7.47. The van der Waals surface area contributed by atoms with Crippen molar-refractivity contribution in [2.45, 2.75) is 46.1 Å². The molecule has 3 heterocycles. The molecule has 0 atom stereocenters. The molecule has 0 unspecified atom stereocenters. The van der Waals surface area contributed by atoms with E-state index < -0.39 is 0 Å². The number of thiophene rings is 1. The highest BCUT2D eigenvalue weighted by atomic mass is 32.1. The first-order valence-electron chi connectivity index (χ1n) is 9.61. The van der Waals surface area contributed by atoms with Crippen molar-refractivity contribution in [3.8, 4) is 0 Å². The number of hydrogen-bond acceptors (Lipinski definition) is 4. The minimum absolute atomic E-state index is 0.0451. The number of hydrogen-bond donors (Lipinski definition) is 0. The van der Waals surface area contributed by atoms with E-state index in [1.807, 2.05) is 13.8 Å². The smallest absolute Gasteiger partial charge is 0.268 e. The Morgan fingerprint density at radius 1 is 1.29 bits per heavy atom. The van der Waals surface area contributed by atoms with Crippen molar-refractivity contribution in [3.05, 3.63) is 56.7 Å². The predicted octanol–water partition coefficient (Wildman–Crippen LogP) is 4.30. The summed E-state index contributed by atoms with van der Waals surface area (Å²) in [6.07, 6.45) is 3.57. The summed E-state index contributed by atoms with van der Waals surface area (Å²) in [5, 5.41) is 0.551. The highest BCUT2D eigenvalue weighted by Crippen LogP contribution is 2.31. The van der Waals surface area contributed by atoms with Gasteiger partial charge in [0, 0.05) is 25.2 Å². The molecule has 2 aromatic heterocycles. The molecular weight excluding hydrogens is 377 g/mol. The third kappa shape index (κ3) is 3.13. The number of aryl methyl sites for hydroxylation is 2. The van der Waals surface area contributed by atoms with Gasteiger partial charge in [-0.25, -0.2) is 9.37 Å². The molecule has 146 valence electrons. The normalized spacial score (nSPS) is 13.5. The van der Waals surface area contributed by atoms with Crippen LogP contribution in [0.4, 0.5) is 10.1 Å². The average molecular weight is 399 g/mol. The maximum Gasteiger partial charge on any atom is 0.268 e. The van der Waals surface area contributed by atoms with Crippen LogP contribution in [0.15, 0.2) is 29.1 Å². The molecule has 7 heteroatoms. The molecule has 0 fully saturated rings. The van der Waals surface area contributed by atoms with E-state index in [9.17, 15) is 14.0 Å². The molecule has 4 rings (SSSR count). The van der Waals surface area contributed by atoms with Crippen LogP contribution in [0, 0.1) is 12.7 Å². The van der Waals surface area contributed by atoms with Gasteiger partial charge in [-0.1, -0.05) is 6.92 Å². The quantitative estimate of drug-likeness (QED) is 0.657. The van der Waals surface area contributed by atoms with Gasteiger partial charge in [-0.2, -0.15) is 0 Å². The highest BCUT2D eigenvalue weighted by Gasteiger charge is 2.26. The first kappa shape index (κ1) is 18.8. The second-order valence-corrected chi connectivity index (χ2v) is 8.11. The van der Waals surface area contributed by atoms with Crippen molar-refractivity contribution in [2.75, 3.05) is 11.4 Å². The van der Waals surface area contributed by atoms with E-state index in [0.717, 1.165) is 31.5 Å². The van der Waals surface area contributed by atoms with Gasteiger partial charge in [0.15, 0.2) is 0 Å². The van der Waals surface area contributed by atoms with Gasteiger partial charge in [-0.3, -0.25) is 14.2 Å². The molecule has 1 aliphatic rings. The van der Waals surface area contributed by atoms with Crippen LogP contribution in [0.2, 0.25) is 0 Å². The second-order valence-electron chi connectivity index (χ2n) is 7.11. The largest absolute Gasteiger partial charge is 0.308 e. The zero-order chi connectivity index (χ0) is 19.8. The fraction of sp³-hybridized carbons (Fsp3) is 0.381. The molecular formula is C21H22FN3O2S. The van der Waals surface area contributed by atoms with E-state index in [0.29, 0.717) is 39.4 Å². The first-order valence-corrected chi connectivity index (χ1v) is 10.4. The Labute approximate surface area is 166 Å². The van der Waals surface area contributed by atoms with E-state index in [2.05, 4.69) is 0 Å². The van der Waals surface area contributed by atoms with Gasteiger partial charge in [0.1, 0.15) is 16.5 Å². The van der Waals surface area contributed by atoms with Gasteiger partial charge in [0.05, 0.1) is 10.3 Å². The Bertz CT molecular complexity index is 1100. The SMILES string of the molecule is CCCN(C(=O)c1sc2nc3n(c(=O)c2c1C)CCCC3)c1ccc(F)cc1. The topological polar surface area (TPSA) is 55.2 Å². The summed E-state index contributed by atoms with van der Waals surface area (Å²) in [5.41, 5.74) is 1.29. The van der Waals surface area contributed by atoms with Crippen LogP contribution in [0.1, 0.15) is 47.2 Å². The summed E-state index contributed by atoms with van der Waals surface area (Å²) in [6.45, 7) is 5.01. The summed E-state index contributed by atoms with van der Waals surface area (Å²) in [5.74, 6) is 0.303. The molecule has 1 aromatic carbocycles. The minimum Gasteiger partial charge on any atom is -0.308 e. The summed E-state index contributed by atoms with van der Waals surface area (Å²) in [6, 6.07) is 5.92. The lowest BCUT2D eigenvalue weighted by atomic mass is 10.1. The summed E-state index contributed by atoms with van der Waals surface area (Å²) >= 11 is 1.28. The van der Waals surface area contributed by atoms with Crippen LogP contribution >= 0.6 is 11.3 Å². The molecule has 0 radical (unpaired) electrons. The van der Waals surface area contributed by atoms with Crippen LogP contribution in [-0.2, 0) is 13.0 Å². The standard InChI is InChI=1S/C21H22FN3O2S/c1-3-11-24(15-9-7-14(22)8-10-15)21(27)18-13(2)17-19(28-18)23-16-6-4-5-12-25(16)20(17)26/h7-10H,3-6,11-12H2,1-2H3. The number of carbonyl (C=O) groups excluding carboxylic acids is 1. The summed E-state index contributed by atoms with van der Waals surface area (Å²) in [7, 11) is 0. The lowest BCUT2D eigenvalue weighted by molar-refractivity contribution is 0.0990. The van der Waals surface area contributed by atoms with E-state index in [-0.39, 0.29) is 17.3 Å². The molecule has 0 saturated heterocycles. The number of anilines is 1. The third-order valence-corrected chi connectivity index (χ3v) is 6.36. The van der Waals surface area contributed by atoms with Gasteiger partial charge in [0.2, 0.25) is 0 Å². The number of benzene rings is 1. The van der Waals surface area contributed by atoms with Crippen molar-refractivity contribution >= 4 is 33.1 Å². The Kier molecular flexibility index (Phi) is 5.02. The van der Waals surface area contributed by atoms with Crippen LogP contribution in [-0.4, -0.2) is 22.0 Å². The van der Waals surface area contributed by atoms with E-state index in [1.54, 1.807) is 21.6 Å². The minimum atomic E-state index is -0.339. The van der Waals surface area contributed by atoms with Crippen molar-refractivity contribution in [2.24, 2.45) is 0 Å². The predicted molar refractivity (Wildman–Crippen MR) is 110 cm³/mol. The Balaban J connectivity index is 1.82. The Morgan fingerprint density at radius 3 is 2.75 bits per heavy atom. The van der Waals surface area contributed by atoms with Crippen LogP contribution in [0.3, 0.4) is 0 Å². The molecule has 28 heavy (non-hydrogen) atoms. The molecule has 0 aliphatic carbocycles. The Hall–Kier alpha value is -2.54. The van der Waals surface area contributed by atoms with Gasteiger partial charge >= 0.3 is 0 Å².